The molecule has 1 fully saturated rings. The molecule has 0 saturated carbocycles. The molecule has 2 rings (SSSR count). The molecule has 1 aliphatic heterocycles. The number of carbonyl (C=O) groups excluding carboxylic acids is 2. The summed E-state index contributed by atoms with van der Waals surface area (Å²) in [5.41, 5.74) is 0.950. The van der Waals surface area contributed by atoms with Gasteiger partial charge in [-0.05, 0) is 24.2 Å². The monoisotopic (exact) mass is 293 g/mol. The van der Waals surface area contributed by atoms with Crippen LogP contribution in [0, 0.1) is 0 Å². The first-order valence-corrected chi connectivity index (χ1v) is 7.85. The molecule has 1 aliphatic rings. The van der Waals surface area contributed by atoms with Crippen LogP contribution >= 0.6 is 11.8 Å². The Bertz CT molecular complexity index is 463. The molecule has 20 heavy (non-hydrogen) atoms. The van der Waals surface area contributed by atoms with E-state index in [4.69, 9.17) is 4.74 Å². The summed E-state index contributed by atoms with van der Waals surface area (Å²) in [6, 6.07) is 9.23. The smallest absolute Gasteiger partial charge is 0.410 e. The molecule has 1 heterocycles. The average Bonchev–Trinajstić information content (AvgIpc) is 2.96. The highest BCUT2D eigenvalue weighted by Gasteiger charge is 2.34. The number of amides is 1. The first-order chi connectivity index (χ1) is 9.72. The predicted molar refractivity (Wildman–Crippen MR) is 79.5 cm³/mol. The summed E-state index contributed by atoms with van der Waals surface area (Å²) in [6.45, 7) is 2.79. The number of rotatable bonds is 4. The van der Waals surface area contributed by atoms with Crippen LogP contribution in [0.3, 0.4) is 0 Å². The van der Waals surface area contributed by atoms with Gasteiger partial charge in [0.2, 0.25) is 5.12 Å². The van der Waals surface area contributed by atoms with Crippen molar-refractivity contribution in [2.24, 2.45) is 0 Å². The molecular weight excluding hydrogens is 274 g/mol. The van der Waals surface area contributed by atoms with Gasteiger partial charge in [0.05, 0.1) is 0 Å². The maximum absolute atomic E-state index is 12.1. The fourth-order valence-corrected chi connectivity index (χ4v) is 2.99. The van der Waals surface area contributed by atoms with Crippen molar-refractivity contribution in [2.45, 2.75) is 32.4 Å². The quantitative estimate of drug-likeness (QED) is 0.856. The Morgan fingerprint density at radius 3 is 2.80 bits per heavy atom. The summed E-state index contributed by atoms with van der Waals surface area (Å²) < 4.78 is 5.30. The Labute approximate surface area is 123 Å². The van der Waals surface area contributed by atoms with Crippen molar-refractivity contribution < 1.29 is 14.3 Å². The van der Waals surface area contributed by atoms with Gasteiger partial charge in [-0.2, -0.15) is 0 Å². The van der Waals surface area contributed by atoms with Gasteiger partial charge in [-0.25, -0.2) is 4.79 Å². The molecule has 1 aromatic rings. The zero-order valence-corrected chi connectivity index (χ0v) is 12.4. The number of benzene rings is 1. The molecule has 5 heteroatoms. The normalized spacial score (nSPS) is 18.1. The van der Waals surface area contributed by atoms with Gasteiger partial charge in [0.1, 0.15) is 12.6 Å². The van der Waals surface area contributed by atoms with Gasteiger partial charge in [-0.1, -0.05) is 49.0 Å². The van der Waals surface area contributed by atoms with E-state index in [-0.39, 0.29) is 23.9 Å². The molecule has 0 aliphatic carbocycles. The van der Waals surface area contributed by atoms with Crippen LogP contribution in [0.5, 0.6) is 0 Å². The molecule has 1 saturated heterocycles. The Morgan fingerprint density at radius 1 is 1.35 bits per heavy atom. The lowest BCUT2D eigenvalue weighted by Gasteiger charge is -2.22. The molecule has 0 spiro atoms. The van der Waals surface area contributed by atoms with Crippen molar-refractivity contribution in [3.8, 4) is 0 Å². The standard InChI is InChI=1S/C15H19NO3S/c1-2-20-14(17)13-9-6-10-16(13)15(18)19-11-12-7-4-3-5-8-12/h3-5,7-8,13H,2,6,9-11H2,1H3/t13-/m0/s1. The van der Waals surface area contributed by atoms with Crippen molar-refractivity contribution in [3.05, 3.63) is 35.9 Å². The van der Waals surface area contributed by atoms with E-state index in [1.54, 1.807) is 4.90 Å². The fraction of sp³-hybridized carbons (Fsp3) is 0.467. The molecule has 0 unspecified atom stereocenters. The Kier molecular flexibility index (Phi) is 5.47. The molecule has 1 amide bonds. The maximum Gasteiger partial charge on any atom is 0.410 e. The molecular formula is C15H19NO3S. The second kappa shape index (κ2) is 7.33. The summed E-state index contributed by atoms with van der Waals surface area (Å²) in [4.78, 5) is 25.6. The zero-order chi connectivity index (χ0) is 14.4. The van der Waals surface area contributed by atoms with Gasteiger partial charge in [-0.3, -0.25) is 9.69 Å². The number of likely N-dealkylation sites (tertiary alicyclic amines) is 1. The summed E-state index contributed by atoms with van der Waals surface area (Å²) in [6.07, 6.45) is 1.22. The highest BCUT2D eigenvalue weighted by atomic mass is 32.2. The Hall–Kier alpha value is -1.49. The molecule has 108 valence electrons. The summed E-state index contributed by atoms with van der Waals surface area (Å²) >= 11 is 1.28. The van der Waals surface area contributed by atoms with E-state index < -0.39 is 0 Å². The van der Waals surface area contributed by atoms with Crippen molar-refractivity contribution in [3.63, 3.8) is 0 Å². The van der Waals surface area contributed by atoms with E-state index in [0.717, 1.165) is 24.2 Å². The van der Waals surface area contributed by atoms with Crippen molar-refractivity contribution >= 4 is 23.0 Å². The predicted octanol–water partition coefficient (Wildman–Crippen LogP) is 3.07. The number of hydrogen-bond acceptors (Lipinski definition) is 4. The zero-order valence-electron chi connectivity index (χ0n) is 11.6. The van der Waals surface area contributed by atoms with E-state index in [1.807, 2.05) is 37.3 Å². The fourth-order valence-electron chi connectivity index (χ4n) is 2.27. The van der Waals surface area contributed by atoms with Crippen LogP contribution in [0.15, 0.2) is 30.3 Å². The molecule has 0 bridgehead atoms. The highest BCUT2D eigenvalue weighted by molar-refractivity contribution is 8.13. The minimum Gasteiger partial charge on any atom is -0.445 e. The molecule has 4 nitrogen and oxygen atoms in total. The minimum absolute atomic E-state index is 0.0710. The van der Waals surface area contributed by atoms with E-state index in [1.165, 1.54) is 11.8 Å². The van der Waals surface area contributed by atoms with Crippen LogP contribution in [-0.4, -0.2) is 34.4 Å². The van der Waals surface area contributed by atoms with Gasteiger partial charge >= 0.3 is 6.09 Å². The molecule has 1 aromatic carbocycles. The first-order valence-electron chi connectivity index (χ1n) is 6.86. The average molecular weight is 293 g/mol. The second-order valence-electron chi connectivity index (χ2n) is 4.64. The molecule has 0 N–H and O–H groups in total. The van der Waals surface area contributed by atoms with Crippen molar-refractivity contribution in [1.29, 1.82) is 0 Å². The second-order valence-corrected chi connectivity index (χ2v) is 5.91. The van der Waals surface area contributed by atoms with Gasteiger partial charge in [0.15, 0.2) is 0 Å². The number of ether oxygens (including phenoxy) is 1. The summed E-state index contributed by atoms with van der Waals surface area (Å²) in [7, 11) is 0. The van der Waals surface area contributed by atoms with E-state index in [2.05, 4.69) is 0 Å². The lowest BCUT2D eigenvalue weighted by molar-refractivity contribution is -0.114. The van der Waals surface area contributed by atoms with Gasteiger partial charge in [-0.15, -0.1) is 0 Å². The topological polar surface area (TPSA) is 46.6 Å². The van der Waals surface area contributed by atoms with Gasteiger partial charge in [0, 0.05) is 6.54 Å². The van der Waals surface area contributed by atoms with Crippen LogP contribution in [0.2, 0.25) is 0 Å². The Morgan fingerprint density at radius 2 is 2.10 bits per heavy atom. The Balaban J connectivity index is 1.89. The highest BCUT2D eigenvalue weighted by Crippen LogP contribution is 2.23. The number of carbonyl (C=O) groups is 2. The molecule has 0 radical (unpaired) electrons. The third kappa shape index (κ3) is 3.76. The van der Waals surface area contributed by atoms with Crippen LogP contribution in [0.25, 0.3) is 0 Å². The third-order valence-electron chi connectivity index (χ3n) is 3.25. The molecule has 1 atom stereocenters. The van der Waals surface area contributed by atoms with Gasteiger partial charge in [0.25, 0.3) is 0 Å². The lowest BCUT2D eigenvalue weighted by atomic mass is 10.2. The van der Waals surface area contributed by atoms with Crippen LogP contribution in [-0.2, 0) is 16.1 Å². The van der Waals surface area contributed by atoms with E-state index in [9.17, 15) is 9.59 Å². The molecule has 0 aromatic heterocycles. The maximum atomic E-state index is 12.1. The van der Waals surface area contributed by atoms with Crippen LogP contribution < -0.4 is 0 Å². The number of hydrogen-bond donors (Lipinski definition) is 0. The van der Waals surface area contributed by atoms with E-state index >= 15 is 0 Å². The summed E-state index contributed by atoms with van der Waals surface area (Å²) in [5, 5.41) is 0.0710. The lowest BCUT2D eigenvalue weighted by Crippen LogP contribution is -2.39. The van der Waals surface area contributed by atoms with Crippen LogP contribution in [0.1, 0.15) is 25.3 Å². The van der Waals surface area contributed by atoms with Crippen molar-refractivity contribution in [1.82, 2.24) is 4.90 Å². The number of nitrogens with zero attached hydrogens (tertiary/aromatic N) is 1. The number of thioether (sulfide) groups is 1. The van der Waals surface area contributed by atoms with Crippen molar-refractivity contribution in [2.75, 3.05) is 12.3 Å². The SMILES string of the molecule is CCSC(=O)[C@@H]1CCCN1C(=O)OCc1ccccc1. The minimum atomic E-state index is -0.388. The third-order valence-corrected chi connectivity index (χ3v) is 4.10. The van der Waals surface area contributed by atoms with Gasteiger partial charge < -0.3 is 4.74 Å². The van der Waals surface area contributed by atoms with Crippen LogP contribution in [0.4, 0.5) is 4.79 Å². The van der Waals surface area contributed by atoms with E-state index in [0.29, 0.717) is 6.54 Å². The summed E-state index contributed by atoms with van der Waals surface area (Å²) in [5.74, 6) is 0.738. The first kappa shape index (κ1) is 14.9. The largest absolute Gasteiger partial charge is 0.445 e.